The van der Waals surface area contributed by atoms with E-state index in [2.05, 4.69) is 19.9 Å². The fourth-order valence-electron chi connectivity index (χ4n) is 3.46. The third-order valence-electron chi connectivity index (χ3n) is 5.15. The normalized spacial score (nSPS) is 11.3. The molecule has 33 heavy (non-hydrogen) atoms. The number of hydrogen-bond acceptors (Lipinski definition) is 9. The molecule has 0 aliphatic heterocycles. The molecule has 166 valence electrons. The first-order valence-corrected chi connectivity index (χ1v) is 11.2. The van der Waals surface area contributed by atoms with Crippen molar-refractivity contribution in [3.63, 3.8) is 0 Å². The highest BCUT2D eigenvalue weighted by Crippen LogP contribution is 2.30. The van der Waals surface area contributed by atoms with Gasteiger partial charge in [-0.15, -0.1) is 11.3 Å². The molecule has 0 aliphatic rings. The lowest BCUT2D eigenvalue weighted by molar-refractivity contribution is 0.563. The van der Waals surface area contributed by atoms with Crippen LogP contribution in [-0.2, 0) is 6.42 Å². The number of nitrogens with zero attached hydrogens (tertiary/aromatic N) is 6. The molecule has 0 fully saturated rings. The van der Waals surface area contributed by atoms with Crippen molar-refractivity contribution in [1.82, 2.24) is 19.9 Å². The maximum absolute atomic E-state index is 12.8. The van der Waals surface area contributed by atoms with E-state index in [1.165, 1.54) is 11.3 Å². The molecule has 5 rings (SSSR count). The van der Waals surface area contributed by atoms with E-state index < -0.39 is 5.63 Å². The summed E-state index contributed by atoms with van der Waals surface area (Å²) in [6.45, 7) is 0. The fourth-order valence-corrected chi connectivity index (χ4v) is 4.43. The molecule has 0 saturated heterocycles. The monoisotopic (exact) mass is 458 g/mol. The van der Waals surface area contributed by atoms with Gasteiger partial charge in [0.25, 0.3) is 0 Å². The average molecular weight is 459 g/mol. The van der Waals surface area contributed by atoms with Gasteiger partial charge >= 0.3 is 5.63 Å². The van der Waals surface area contributed by atoms with Crippen LogP contribution in [0.2, 0.25) is 0 Å². The molecule has 0 amide bonds. The number of aromatic nitrogens is 4. The van der Waals surface area contributed by atoms with Crippen LogP contribution in [0.5, 0.6) is 0 Å². The zero-order chi connectivity index (χ0) is 23.1. The zero-order valence-electron chi connectivity index (χ0n) is 18.7. The summed E-state index contributed by atoms with van der Waals surface area (Å²) < 4.78 is 6.72. The van der Waals surface area contributed by atoms with Crippen LogP contribution in [0.1, 0.15) is 11.4 Å². The van der Waals surface area contributed by atoms with Gasteiger partial charge in [-0.25, -0.2) is 9.78 Å². The van der Waals surface area contributed by atoms with Crippen LogP contribution in [0.3, 0.4) is 0 Å². The third kappa shape index (κ3) is 4.14. The maximum atomic E-state index is 12.8. The molecule has 0 saturated carbocycles. The Balaban J connectivity index is 1.51. The molecule has 0 spiro atoms. The van der Waals surface area contributed by atoms with Gasteiger partial charge in [-0.05, 0) is 29.8 Å². The largest absolute Gasteiger partial charge is 0.422 e. The van der Waals surface area contributed by atoms with Gasteiger partial charge in [0, 0.05) is 40.0 Å². The highest BCUT2D eigenvalue weighted by Gasteiger charge is 2.14. The summed E-state index contributed by atoms with van der Waals surface area (Å²) in [5.74, 6) is 1.83. The lowest BCUT2D eigenvalue weighted by Gasteiger charge is -2.16. The standard InChI is InChI=1S/C24H22N6O2S/c1-29(2)23-26-20(27-24(28-23)30(3)4)12-14-9-10-15-13-16(22(31)32-18(15)11-14)21-25-17-7-5-6-8-19(17)33-21/h5-11,13H,12H2,1-4H3. The van der Waals surface area contributed by atoms with Crippen LogP contribution in [0, 0.1) is 0 Å². The van der Waals surface area contributed by atoms with Gasteiger partial charge in [-0.1, -0.05) is 24.3 Å². The van der Waals surface area contributed by atoms with E-state index in [9.17, 15) is 4.79 Å². The molecule has 0 unspecified atom stereocenters. The molecule has 0 atom stereocenters. The molecule has 0 bridgehead atoms. The molecule has 9 heteroatoms. The summed E-state index contributed by atoms with van der Waals surface area (Å²) >= 11 is 1.48. The van der Waals surface area contributed by atoms with E-state index in [1.54, 1.807) is 0 Å². The Morgan fingerprint density at radius 3 is 2.30 bits per heavy atom. The first-order chi connectivity index (χ1) is 15.9. The Hall–Kier alpha value is -3.85. The van der Waals surface area contributed by atoms with Crippen LogP contribution >= 0.6 is 11.3 Å². The molecule has 5 aromatic rings. The highest BCUT2D eigenvalue weighted by molar-refractivity contribution is 7.21. The van der Waals surface area contributed by atoms with Crippen molar-refractivity contribution < 1.29 is 4.42 Å². The van der Waals surface area contributed by atoms with Gasteiger partial charge in [0.1, 0.15) is 16.4 Å². The predicted octanol–water partition coefficient (Wildman–Crippen LogP) is 3.98. The van der Waals surface area contributed by atoms with E-state index in [1.807, 2.05) is 86.5 Å². The highest BCUT2D eigenvalue weighted by atomic mass is 32.1. The fraction of sp³-hybridized carbons (Fsp3) is 0.208. The molecule has 0 N–H and O–H groups in total. The van der Waals surface area contributed by atoms with Crippen molar-refractivity contribution in [1.29, 1.82) is 0 Å². The summed E-state index contributed by atoms with van der Waals surface area (Å²) in [4.78, 5) is 34.6. The van der Waals surface area contributed by atoms with E-state index in [0.29, 0.717) is 40.3 Å². The number of hydrogen-bond donors (Lipinski definition) is 0. The van der Waals surface area contributed by atoms with Gasteiger partial charge in [0.2, 0.25) is 11.9 Å². The molecule has 3 aromatic heterocycles. The quantitative estimate of drug-likeness (QED) is 0.366. The molecule has 0 radical (unpaired) electrons. The van der Waals surface area contributed by atoms with Crippen molar-refractivity contribution in [3.05, 3.63) is 70.3 Å². The summed E-state index contributed by atoms with van der Waals surface area (Å²) in [6.07, 6.45) is 0.490. The van der Waals surface area contributed by atoms with Crippen molar-refractivity contribution in [3.8, 4) is 10.6 Å². The van der Waals surface area contributed by atoms with Gasteiger partial charge in [0.15, 0.2) is 0 Å². The van der Waals surface area contributed by atoms with Crippen LogP contribution < -0.4 is 15.4 Å². The van der Waals surface area contributed by atoms with Crippen LogP contribution in [0.15, 0.2) is 57.7 Å². The van der Waals surface area contributed by atoms with Gasteiger partial charge < -0.3 is 14.2 Å². The molecule has 2 aromatic carbocycles. The molecule has 8 nitrogen and oxygen atoms in total. The lowest BCUT2D eigenvalue weighted by atomic mass is 10.1. The number of para-hydroxylation sites is 1. The average Bonchev–Trinajstić information content (AvgIpc) is 3.22. The van der Waals surface area contributed by atoms with Crippen LogP contribution in [0.25, 0.3) is 31.8 Å². The van der Waals surface area contributed by atoms with Crippen molar-refractivity contribution in [2.45, 2.75) is 6.42 Å². The summed E-state index contributed by atoms with van der Waals surface area (Å²) in [5.41, 5.74) is 2.42. The van der Waals surface area contributed by atoms with Crippen molar-refractivity contribution >= 4 is 44.4 Å². The third-order valence-corrected chi connectivity index (χ3v) is 6.21. The summed E-state index contributed by atoms with van der Waals surface area (Å²) in [7, 11) is 7.58. The topological polar surface area (TPSA) is 88.2 Å². The van der Waals surface area contributed by atoms with Crippen LogP contribution in [0.4, 0.5) is 11.9 Å². The minimum atomic E-state index is -0.399. The smallest absolute Gasteiger partial charge is 0.346 e. The first-order valence-electron chi connectivity index (χ1n) is 10.4. The Labute approximate surface area is 194 Å². The number of rotatable bonds is 5. The van der Waals surface area contributed by atoms with Crippen molar-refractivity contribution in [2.24, 2.45) is 0 Å². The second-order valence-electron chi connectivity index (χ2n) is 8.12. The molecule has 0 aliphatic carbocycles. The Morgan fingerprint density at radius 1 is 0.879 bits per heavy atom. The summed E-state index contributed by atoms with van der Waals surface area (Å²) in [6, 6.07) is 15.5. The van der Waals surface area contributed by atoms with Crippen molar-refractivity contribution in [2.75, 3.05) is 38.0 Å². The Morgan fingerprint density at radius 2 is 1.61 bits per heavy atom. The zero-order valence-corrected chi connectivity index (χ0v) is 19.6. The van der Waals surface area contributed by atoms with E-state index in [4.69, 9.17) is 4.42 Å². The Kier molecular flexibility index (Phi) is 5.26. The minimum absolute atomic E-state index is 0.399. The minimum Gasteiger partial charge on any atom is -0.422 e. The Bertz CT molecular complexity index is 1480. The number of anilines is 2. The lowest BCUT2D eigenvalue weighted by Crippen LogP contribution is -2.20. The van der Waals surface area contributed by atoms with E-state index >= 15 is 0 Å². The first kappa shape index (κ1) is 21.0. The molecular formula is C24H22N6O2S. The molecule has 3 heterocycles. The number of benzene rings is 2. The second-order valence-corrected chi connectivity index (χ2v) is 9.15. The SMILES string of the molecule is CN(C)c1nc(Cc2ccc3cc(-c4nc5ccccc5s4)c(=O)oc3c2)nc(N(C)C)n1. The molecular weight excluding hydrogens is 436 g/mol. The van der Waals surface area contributed by atoms with Gasteiger partial charge in [-0.3, -0.25) is 0 Å². The number of thiazole rings is 1. The second kappa shape index (κ2) is 8.25. The van der Waals surface area contributed by atoms with E-state index in [0.717, 1.165) is 21.2 Å². The maximum Gasteiger partial charge on any atom is 0.346 e. The van der Waals surface area contributed by atoms with E-state index in [-0.39, 0.29) is 0 Å². The van der Waals surface area contributed by atoms with Gasteiger partial charge in [0.05, 0.1) is 15.8 Å². The van der Waals surface area contributed by atoms with Gasteiger partial charge in [-0.2, -0.15) is 15.0 Å². The van der Waals surface area contributed by atoms with Crippen LogP contribution in [-0.4, -0.2) is 48.1 Å². The summed E-state index contributed by atoms with van der Waals surface area (Å²) in [5, 5.41) is 1.50. The number of fused-ring (bicyclic) bond motifs is 2. The predicted molar refractivity (Wildman–Crippen MR) is 132 cm³/mol.